The molecule has 0 atom stereocenters. The third kappa shape index (κ3) is 5.18. The summed E-state index contributed by atoms with van der Waals surface area (Å²) in [5, 5.41) is 2.09. The number of para-hydroxylation sites is 4. The van der Waals surface area contributed by atoms with Crippen LogP contribution < -0.4 is 9.47 Å². The summed E-state index contributed by atoms with van der Waals surface area (Å²) in [5.74, 6) is 3.44. The molecular weight excluding hydrogens is 932 g/mol. The molecule has 0 fully saturated rings. The van der Waals surface area contributed by atoms with Crippen LogP contribution in [0.15, 0.2) is 158 Å². The van der Waals surface area contributed by atoms with Crippen molar-refractivity contribution in [1.29, 1.82) is 0 Å². The third-order valence-corrected chi connectivity index (χ3v) is 13.4. The van der Waals surface area contributed by atoms with Gasteiger partial charge in [0.05, 0.1) is 5.41 Å². The molecular formula is C54H38N4O2Pt-2. The van der Waals surface area contributed by atoms with E-state index in [1.807, 2.05) is 71.4 Å². The van der Waals surface area contributed by atoms with E-state index in [1.54, 1.807) is 0 Å². The first-order valence-corrected chi connectivity index (χ1v) is 21.4. The maximum atomic E-state index is 8.30. The van der Waals surface area contributed by atoms with Gasteiger partial charge < -0.3 is 4.74 Å². The van der Waals surface area contributed by atoms with Crippen molar-refractivity contribution >= 4 is 32.8 Å². The molecule has 4 heterocycles. The number of imidazole rings is 1. The minimum absolute atomic E-state index is 0.122. The van der Waals surface area contributed by atoms with Crippen molar-refractivity contribution in [3.63, 3.8) is 0 Å². The van der Waals surface area contributed by atoms with E-state index in [4.69, 9.17) is 18.6 Å². The van der Waals surface area contributed by atoms with E-state index in [0.717, 1.165) is 61.3 Å². The second-order valence-corrected chi connectivity index (χ2v) is 17.8. The molecule has 10 aromatic rings. The molecule has 6 nitrogen and oxygen atoms in total. The molecule has 0 radical (unpaired) electrons. The van der Waals surface area contributed by atoms with Gasteiger partial charge in [-0.1, -0.05) is 81.4 Å². The fourth-order valence-corrected chi connectivity index (χ4v) is 10.5. The summed E-state index contributed by atoms with van der Waals surface area (Å²) in [6, 6.07) is 59.0. The van der Waals surface area contributed by atoms with Crippen LogP contribution in [0.5, 0.6) is 23.0 Å². The summed E-state index contributed by atoms with van der Waals surface area (Å²) in [7, 11) is 0. The van der Waals surface area contributed by atoms with E-state index in [9.17, 15) is 0 Å². The number of rotatable bonds is 4. The number of hydrogen-bond donors (Lipinski definition) is 0. The van der Waals surface area contributed by atoms with Crippen molar-refractivity contribution in [2.24, 2.45) is 6.98 Å². The van der Waals surface area contributed by atoms with Gasteiger partial charge in [-0.15, -0.1) is 0 Å². The van der Waals surface area contributed by atoms with Crippen molar-refractivity contribution in [1.82, 2.24) is 18.7 Å². The van der Waals surface area contributed by atoms with Gasteiger partial charge in [0.2, 0.25) is 0 Å². The molecule has 3 aromatic heterocycles. The summed E-state index contributed by atoms with van der Waals surface area (Å²) in [6.07, 6.45) is 1.90. The summed E-state index contributed by atoms with van der Waals surface area (Å²) in [5.41, 5.74) is 11.2. The Labute approximate surface area is 368 Å². The quantitative estimate of drug-likeness (QED) is 0.165. The van der Waals surface area contributed by atoms with Gasteiger partial charge in [-0.3, -0.25) is 0 Å². The summed E-state index contributed by atoms with van der Waals surface area (Å²) >= 11 is 2.08. The molecule has 1 aliphatic heterocycles. The molecule has 12 rings (SSSR count). The van der Waals surface area contributed by atoms with Gasteiger partial charge in [-0.2, -0.15) is 0 Å². The molecule has 0 unspecified atom stereocenters. The van der Waals surface area contributed by atoms with Gasteiger partial charge in [0.15, 0.2) is 0 Å². The van der Waals surface area contributed by atoms with Crippen molar-refractivity contribution < 1.29 is 32.9 Å². The zero-order valence-corrected chi connectivity index (χ0v) is 35.7. The Bertz CT molecular complexity index is 3600. The predicted octanol–water partition coefficient (Wildman–Crippen LogP) is 12.7. The average molecular weight is 973 g/mol. The number of benzene rings is 7. The van der Waals surface area contributed by atoms with Crippen LogP contribution in [0.2, 0.25) is 0 Å². The van der Waals surface area contributed by atoms with Crippen molar-refractivity contribution in [2.45, 2.75) is 31.6 Å². The number of ether oxygens (including phenoxy) is 2. The van der Waals surface area contributed by atoms with Crippen LogP contribution in [0.1, 0.15) is 52.7 Å². The Morgan fingerprint density at radius 2 is 1.34 bits per heavy atom. The Morgan fingerprint density at radius 1 is 0.639 bits per heavy atom. The van der Waals surface area contributed by atoms with E-state index in [1.165, 1.54) is 26.8 Å². The molecule has 0 saturated heterocycles. The number of aromatic nitrogens is 4. The molecule has 298 valence electrons. The van der Waals surface area contributed by atoms with Gasteiger partial charge >= 0.3 is 198 Å². The van der Waals surface area contributed by atoms with Gasteiger partial charge in [0, 0.05) is 17.3 Å². The predicted molar refractivity (Wildman–Crippen MR) is 238 cm³/mol. The molecule has 7 heteroatoms. The number of aryl methyl sites for hydroxylation is 1. The zero-order chi connectivity index (χ0) is 43.7. The molecule has 2 aliphatic rings. The van der Waals surface area contributed by atoms with Gasteiger partial charge in [0.1, 0.15) is 11.5 Å². The van der Waals surface area contributed by atoms with E-state index in [-0.39, 0.29) is 5.41 Å². The van der Waals surface area contributed by atoms with Crippen molar-refractivity contribution in [3.05, 3.63) is 202 Å². The van der Waals surface area contributed by atoms with Crippen LogP contribution in [0.25, 0.3) is 55.5 Å². The van der Waals surface area contributed by atoms with Crippen LogP contribution in [0.4, 0.5) is 0 Å². The Morgan fingerprint density at radius 3 is 2.11 bits per heavy atom. The molecule has 0 amide bonds. The molecule has 0 saturated carbocycles. The number of pyridine rings is 1. The number of hydrogen-bond acceptors (Lipinski definition) is 3. The Kier molecular flexibility index (Phi) is 7.10. The first-order valence-electron chi connectivity index (χ1n) is 21.8. The standard InChI is InChI=1S/C54H38N4O2.Pt/c1-53(2,3)34-26-27-55-52(28-34)58-48-30-37(59-36-15-13-14-35(29-36)57-33-56(4)46-20-9-10-21-47(46)57)24-25-39(48)41-31-40-38-16-5-6-17-42(38)54(45(40)32-49(41)58)43-18-7-11-22-50(43)60-51-23-12-8-19-44(51)54;/h5-28,31-32H,1-4H3;/q-2;/i4D3;. The third-order valence-electron chi connectivity index (χ3n) is 12.4. The monoisotopic (exact) mass is 972 g/mol. The van der Waals surface area contributed by atoms with Crippen LogP contribution in [-0.4, -0.2) is 18.7 Å². The van der Waals surface area contributed by atoms with Gasteiger partial charge in [-0.25, -0.2) is 0 Å². The average Bonchev–Trinajstić information content (AvgIpc) is 3.88. The van der Waals surface area contributed by atoms with Crippen LogP contribution in [-0.2, 0) is 37.2 Å². The molecule has 7 aromatic carbocycles. The minimum atomic E-state index is -2.37. The summed E-state index contributed by atoms with van der Waals surface area (Å²) < 4.78 is 44.2. The topological polar surface area (TPSA) is 46.1 Å². The summed E-state index contributed by atoms with van der Waals surface area (Å²) in [6.45, 7) is 4.28. The van der Waals surface area contributed by atoms with Crippen LogP contribution in [0.3, 0.4) is 0 Å². The molecule has 0 N–H and O–H groups in total. The molecule has 61 heavy (non-hydrogen) atoms. The normalized spacial score (nSPS) is 14.5. The Balaban J connectivity index is 1.08. The first kappa shape index (κ1) is 33.0. The molecule has 1 aliphatic carbocycles. The fourth-order valence-electron chi connectivity index (χ4n) is 9.66. The van der Waals surface area contributed by atoms with Crippen molar-refractivity contribution in [3.8, 4) is 45.6 Å². The van der Waals surface area contributed by atoms with Crippen LogP contribution in [0, 0.1) is 15.9 Å². The fraction of sp³-hybridized carbons (Fsp3) is 0.111. The SMILES string of the molecule is [2H]C([2H])([2H])n1[c](=[Pt])n(-c2[c-]c(Oc3[c-]c4c(cc3)c3cc5c(cc3n4-c3cc(C(C)(C)C)ccn3)C3(c4ccccc4Oc4ccccc43)c3ccccc3-5)ccc2)c2ccccc21. The van der Waals surface area contributed by atoms with Gasteiger partial charge in [-0.05, 0) is 51.4 Å². The van der Waals surface area contributed by atoms with E-state index < -0.39 is 12.4 Å². The number of nitrogens with zero attached hydrogens (tertiary/aromatic N) is 4. The maximum absolute atomic E-state index is 8.30. The molecule has 1 spiro atoms. The van der Waals surface area contributed by atoms with Crippen molar-refractivity contribution in [2.75, 3.05) is 0 Å². The zero-order valence-electron chi connectivity index (χ0n) is 36.4. The summed E-state index contributed by atoms with van der Waals surface area (Å²) in [4.78, 5) is 5.05. The second-order valence-electron chi connectivity index (χ2n) is 16.8. The van der Waals surface area contributed by atoms with E-state index >= 15 is 0 Å². The molecule has 0 bridgehead atoms. The second kappa shape index (κ2) is 13.1. The number of fused-ring (bicyclic) bond motifs is 13. The van der Waals surface area contributed by atoms with E-state index in [2.05, 4.69) is 148 Å². The first-order chi connectivity index (χ1) is 30.9. The van der Waals surface area contributed by atoms with E-state index in [0.29, 0.717) is 26.5 Å². The van der Waals surface area contributed by atoms with Gasteiger partial charge in [0.25, 0.3) is 0 Å². The Hall–Kier alpha value is -6.75. The van der Waals surface area contributed by atoms with Crippen LogP contribution >= 0.6 is 0 Å².